The molecule has 0 fully saturated rings. The van der Waals surface area contributed by atoms with Gasteiger partial charge in [-0.3, -0.25) is 4.79 Å². The Labute approximate surface area is 126 Å². The van der Waals surface area contributed by atoms with E-state index in [1.54, 1.807) is 36.6 Å². The molecule has 1 amide bonds. The van der Waals surface area contributed by atoms with E-state index in [9.17, 15) is 4.79 Å². The third kappa shape index (κ3) is 3.54. The van der Waals surface area contributed by atoms with Crippen molar-refractivity contribution in [1.82, 2.24) is 10.5 Å². The number of aromatic nitrogens is 1. The van der Waals surface area contributed by atoms with Crippen LogP contribution in [0.2, 0.25) is 0 Å². The second-order valence-corrected chi connectivity index (χ2v) is 4.54. The summed E-state index contributed by atoms with van der Waals surface area (Å²) in [6, 6.07) is 14.4. The summed E-state index contributed by atoms with van der Waals surface area (Å²) in [6.07, 6.45) is 1.56. The molecule has 3 rings (SSSR count). The maximum Gasteiger partial charge on any atom is 0.258 e. The van der Waals surface area contributed by atoms with Crippen LogP contribution >= 0.6 is 0 Å². The Hall–Kier alpha value is -3.02. The number of benzene rings is 1. The Balaban J connectivity index is 1.47. The summed E-state index contributed by atoms with van der Waals surface area (Å²) in [5.74, 6) is 1.54. The van der Waals surface area contributed by atoms with Crippen LogP contribution in [0.1, 0.15) is 5.69 Å². The van der Waals surface area contributed by atoms with E-state index >= 15 is 0 Å². The smallest absolute Gasteiger partial charge is 0.258 e. The highest BCUT2D eigenvalue weighted by molar-refractivity contribution is 5.77. The molecule has 0 bridgehead atoms. The van der Waals surface area contributed by atoms with Crippen molar-refractivity contribution < 1.29 is 18.5 Å². The average Bonchev–Trinajstić information content (AvgIpc) is 3.22. The molecule has 1 N–H and O–H groups in total. The first-order chi connectivity index (χ1) is 10.8. The minimum atomic E-state index is -0.230. The molecule has 0 atom stereocenters. The minimum Gasteiger partial charge on any atom is -0.484 e. The zero-order valence-electron chi connectivity index (χ0n) is 11.7. The van der Waals surface area contributed by atoms with Crippen LogP contribution in [0.3, 0.4) is 0 Å². The number of ether oxygens (including phenoxy) is 1. The fraction of sp³-hybridized carbons (Fsp3) is 0.125. The second kappa shape index (κ2) is 6.62. The number of nitrogens with zero attached hydrogens (tertiary/aromatic N) is 1. The Morgan fingerprint density at radius 3 is 2.77 bits per heavy atom. The van der Waals surface area contributed by atoms with Gasteiger partial charge in [-0.15, -0.1) is 0 Å². The van der Waals surface area contributed by atoms with Crippen LogP contribution in [-0.2, 0) is 11.3 Å². The lowest BCUT2D eigenvalue weighted by molar-refractivity contribution is -0.123. The normalized spacial score (nSPS) is 10.4. The van der Waals surface area contributed by atoms with Crippen molar-refractivity contribution >= 4 is 5.91 Å². The van der Waals surface area contributed by atoms with E-state index in [2.05, 4.69) is 10.5 Å². The van der Waals surface area contributed by atoms with Crippen LogP contribution in [0.5, 0.6) is 5.75 Å². The molecule has 0 unspecified atom stereocenters. The number of carbonyl (C=O) groups is 1. The summed E-state index contributed by atoms with van der Waals surface area (Å²) < 4.78 is 15.7. The molecule has 112 valence electrons. The first kappa shape index (κ1) is 13.9. The molecular formula is C16H14N2O4. The number of rotatable bonds is 6. The molecule has 6 nitrogen and oxygen atoms in total. The van der Waals surface area contributed by atoms with E-state index in [1.807, 2.05) is 18.2 Å². The van der Waals surface area contributed by atoms with Gasteiger partial charge in [-0.1, -0.05) is 23.4 Å². The summed E-state index contributed by atoms with van der Waals surface area (Å²) in [6.45, 7) is 0.216. The van der Waals surface area contributed by atoms with Crippen LogP contribution in [0.25, 0.3) is 11.5 Å². The Kier molecular flexibility index (Phi) is 4.20. The quantitative estimate of drug-likeness (QED) is 0.757. The monoisotopic (exact) mass is 298 g/mol. The summed E-state index contributed by atoms with van der Waals surface area (Å²) in [4.78, 5) is 11.7. The summed E-state index contributed by atoms with van der Waals surface area (Å²) >= 11 is 0. The molecule has 0 aliphatic heterocycles. The van der Waals surface area contributed by atoms with Gasteiger partial charge in [0.25, 0.3) is 5.91 Å². The molecule has 0 radical (unpaired) electrons. The fourth-order valence-corrected chi connectivity index (χ4v) is 1.84. The van der Waals surface area contributed by atoms with Gasteiger partial charge in [0.15, 0.2) is 12.4 Å². The molecule has 0 aliphatic rings. The average molecular weight is 298 g/mol. The Morgan fingerprint density at radius 1 is 1.14 bits per heavy atom. The molecule has 1 aromatic carbocycles. The molecule has 3 aromatic rings. The number of hydrogen-bond donors (Lipinski definition) is 1. The van der Waals surface area contributed by atoms with Crippen molar-refractivity contribution in [3.05, 3.63) is 60.5 Å². The van der Waals surface area contributed by atoms with Gasteiger partial charge in [-0.2, -0.15) is 0 Å². The molecule has 0 saturated carbocycles. The highest BCUT2D eigenvalue weighted by Crippen LogP contribution is 2.20. The molecule has 0 spiro atoms. The number of carbonyl (C=O) groups excluding carboxylic acids is 1. The highest BCUT2D eigenvalue weighted by Gasteiger charge is 2.10. The van der Waals surface area contributed by atoms with Gasteiger partial charge in [0, 0.05) is 6.07 Å². The Morgan fingerprint density at radius 2 is 2.00 bits per heavy atom. The number of amides is 1. The minimum absolute atomic E-state index is 0.0487. The summed E-state index contributed by atoms with van der Waals surface area (Å²) in [5.41, 5.74) is 0.611. The number of para-hydroxylation sites is 1. The summed E-state index contributed by atoms with van der Waals surface area (Å²) in [7, 11) is 0. The molecule has 0 aliphatic carbocycles. The van der Waals surface area contributed by atoms with Gasteiger partial charge in [0.05, 0.1) is 12.8 Å². The topological polar surface area (TPSA) is 77.5 Å². The molecule has 0 saturated heterocycles. The van der Waals surface area contributed by atoms with Crippen LogP contribution in [-0.4, -0.2) is 17.7 Å². The lowest BCUT2D eigenvalue weighted by Crippen LogP contribution is -2.28. The van der Waals surface area contributed by atoms with Crippen LogP contribution in [0, 0.1) is 0 Å². The molecule has 6 heteroatoms. The predicted molar refractivity (Wildman–Crippen MR) is 78.0 cm³/mol. The van der Waals surface area contributed by atoms with Crippen LogP contribution in [0.15, 0.2) is 63.7 Å². The van der Waals surface area contributed by atoms with Crippen molar-refractivity contribution in [3.63, 3.8) is 0 Å². The van der Waals surface area contributed by atoms with Gasteiger partial charge in [-0.25, -0.2) is 0 Å². The SMILES string of the molecule is O=C(COc1ccccc1)NCc1cc(-c2ccco2)on1. The van der Waals surface area contributed by atoms with Crippen LogP contribution in [0.4, 0.5) is 0 Å². The van der Waals surface area contributed by atoms with E-state index in [-0.39, 0.29) is 19.1 Å². The van der Waals surface area contributed by atoms with Gasteiger partial charge in [0.1, 0.15) is 11.4 Å². The maximum absolute atomic E-state index is 11.7. The van der Waals surface area contributed by atoms with Crippen molar-refractivity contribution in [3.8, 4) is 17.3 Å². The van der Waals surface area contributed by atoms with Crippen molar-refractivity contribution in [2.75, 3.05) is 6.61 Å². The van der Waals surface area contributed by atoms with E-state index < -0.39 is 0 Å². The van der Waals surface area contributed by atoms with Crippen molar-refractivity contribution in [2.45, 2.75) is 6.54 Å². The Bertz CT molecular complexity index is 720. The third-order valence-corrected chi connectivity index (χ3v) is 2.90. The number of hydrogen-bond acceptors (Lipinski definition) is 5. The molecule has 22 heavy (non-hydrogen) atoms. The lowest BCUT2D eigenvalue weighted by atomic mass is 10.3. The van der Waals surface area contributed by atoms with Gasteiger partial charge in [0.2, 0.25) is 5.76 Å². The third-order valence-electron chi connectivity index (χ3n) is 2.90. The van der Waals surface area contributed by atoms with Crippen molar-refractivity contribution in [2.24, 2.45) is 0 Å². The van der Waals surface area contributed by atoms with Gasteiger partial charge in [-0.05, 0) is 24.3 Å². The van der Waals surface area contributed by atoms with E-state index in [1.165, 1.54) is 0 Å². The van der Waals surface area contributed by atoms with Gasteiger partial charge < -0.3 is 19.0 Å². The van der Waals surface area contributed by atoms with E-state index in [0.29, 0.717) is 23.0 Å². The number of furan rings is 1. The lowest BCUT2D eigenvalue weighted by Gasteiger charge is -2.05. The van der Waals surface area contributed by atoms with Gasteiger partial charge >= 0.3 is 0 Å². The molecule has 2 aromatic heterocycles. The molecular weight excluding hydrogens is 284 g/mol. The van der Waals surface area contributed by atoms with Crippen molar-refractivity contribution in [1.29, 1.82) is 0 Å². The number of nitrogens with one attached hydrogen (secondary N) is 1. The first-order valence-corrected chi connectivity index (χ1v) is 6.75. The van der Waals surface area contributed by atoms with E-state index in [0.717, 1.165) is 0 Å². The molecule has 2 heterocycles. The standard InChI is InChI=1S/C16H14N2O4/c19-16(11-21-13-5-2-1-3-6-13)17-10-12-9-15(22-18-12)14-7-4-8-20-14/h1-9H,10-11H2,(H,17,19). The van der Waals surface area contributed by atoms with Crippen LogP contribution < -0.4 is 10.1 Å². The second-order valence-electron chi connectivity index (χ2n) is 4.54. The zero-order chi connectivity index (χ0) is 15.2. The first-order valence-electron chi connectivity index (χ1n) is 6.75. The fourth-order valence-electron chi connectivity index (χ4n) is 1.84. The maximum atomic E-state index is 11.7. The highest BCUT2D eigenvalue weighted by atomic mass is 16.5. The van der Waals surface area contributed by atoms with E-state index in [4.69, 9.17) is 13.7 Å². The largest absolute Gasteiger partial charge is 0.484 e. The summed E-state index contributed by atoms with van der Waals surface area (Å²) in [5, 5.41) is 6.58. The zero-order valence-corrected chi connectivity index (χ0v) is 11.7. The predicted octanol–water partition coefficient (Wildman–Crippen LogP) is 2.63.